The summed E-state index contributed by atoms with van der Waals surface area (Å²) in [7, 11) is 0. The molecule has 0 atom stereocenters. The molecule has 2 rings (SSSR count). The van der Waals surface area contributed by atoms with Crippen molar-refractivity contribution in [2.75, 3.05) is 18.5 Å². The number of rotatable bonds is 7. The van der Waals surface area contributed by atoms with E-state index >= 15 is 0 Å². The third-order valence-electron chi connectivity index (χ3n) is 3.37. The predicted molar refractivity (Wildman–Crippen MR) is 107 cm³/mol. The number of amides is 1. The van der Waals surface area contributed by atoms with E-state index in [2.05, 4.69) is 5.32 Å². The van der Waals surface area contributed by atoms with Crippen LogP contribution in [0.4, 0.5) is 5.69 Å². The standard InChI is InChI=1S/C20H16Cl2N2O4/c1-2-27-19(25)12-28-18-7-6-13(9-17(18)22)8-14(11-23)20(26)24-16-5-3-4-15(21)10-16/h3-10H,2,12H2,1H3,(H,24,26)/b14-8+. The van der Waals surface area contributed by atoms with Crippen LogP contribution in [-0.2, 0) is 14.3 Å². The van der Waals surface area contributed by atoms with Crippen molar-refractivity contribution in [3.05, 3.63) is 63.6 Å². The van der Waals surface area contributed by atoms with Crippen molar-refractivity contribution in [1.82, 2.24) is 0 Å². The largest absolute Gasteiger partial charge is 0.480 e. The number of esters is 1. The van der Waals surface area contributed by atoms with Crippen molar-refractivity contribution >= 4 is 46.8 Å². The summed E-state index contributed by atoms with van der Waals surface area (Å²) >= 11 is 12.0. The van der Waals surface area contributed by atoms with Crippen molar-refractivity contribution in [3.63, 3.8) is 0 Å². The number of hydrogen-bond acceptors (Lipinski definition) is 5. The summed E-state index contributed by atoms with van der Waals surface area (Å²) in [6.07, 6.45) is 1.39. The number of nitriles is 1. The molecule has 0 bridgehead atoms. The van der Waals surface area contributed by atoms with Gasteiger partial charge in [-0.15, -0.1) is 0 Å². The van der Waals surface area contributed by atoms with Gasteiger partial charge in [0, 0.05) is 10.7 Å². The Bertz CT molecular complexity index is 951. The highest BCUT2D eigenvalue weighted by atomic mass is 35.5. The average Bonchev–Trinajstić information content (AvgIpc) is 2.65. The number of nitrogens with zero attached hydrogens (tertiary/aromatic N) is 1. The number of anilines is 1. The number of nitrogens with one attached hydrogen (secondary N) is 1. The summed E-state index contributed by atoms with van der Waals surface area (Å²) in [5, 5.41) is 12.6. The quantitative estimate of drug-likeness (QED) is 0.406. The Morgan fingerprint density at radius 3 is 2.64 bits per heavy atom. The van der Waals surface area contributed by atoms with Crippen LogP contribution in [0.5, 0.6) is 5.75 Å². The zero-order chi connectivity index (χ0) is 20.5. The van der Waals surface area contributed by atoms with Gasteiger partial charge in [0.05, 0.1) is 11.6 Å². The van der Waals surface area contributed by atoms with E-state index in [9.17, 15) is 14.9 Å². The lowest BCUT2D eigenvalue weighted by Crippen LogP contribution is -2.14. The molecule has 0 aromatic heterocycles. The lowest BCUT2D eigenvalue weighted by Gasteiger charge is -2.08. The molecule has 0 saturated heterocycles. The molecule has 8 heteroatoms. The second kappa shape index (κ2) is 10.4. The lowest BCUT2D eigenvalue weighted by atomic mass is 10.1. The summed E-state index contributed by atoms with van der Waals surface area (Å²) in [4.78, 5) is 23.6. The number of carbonyl (C=O) groups is 2. The number of carbonyl (C=O) groups excluding carboxylic acids is 2. The monoisotopic (exact) mass is 418 g/mol. The molecule has 0 radical (unpaired) electrons. The van der Waals surface area contributed by atoms with Crippen molar-refractivity contribution in [2.24, 2.45) is 0 Å². The molecule has 0 aliphatic rings. The summed E-state index contributed by atoms with van der Waals surface area (Å²) < 4.78 is 10.1. The highest BCUT2D eigenvalue weighted by Crippen LogP contribution is 2.26. The van der Waals surface area contributed by atoms with Gasteiger partial charge in [-0.25, -0.2) is 4.79 Å². The van der Waals surface area contributed by atoms with Gasteiger partial charge < -0.3 is 14.8 Å². The van der Waals surface area contributed by atoms with Gasteiger partial charge in [-0.3, -0.25) is 4.79 Å². The van der Waals surface area contributed by atoms with Crippen LogP contribution in [0.2, 0.25) is 10.0 Å². The summed E-state index contributed by atoms with van der Waals surface area (Å²) in [5.74, 6) is -0.802. The molecular weight excluding hydrogens is 403 g/mol. The normalized spacial score (nSPS) is 10.7. The van der Waals surface area contributed by atoms with E-state index in [1.807, 2.05) is 6.07 Å². The van der Waals surface area contributed by atoms with Crippen LogP contribution < -0.4 is 10.1 Å². The zero-order valence-electron chi connectivity index (χ0n) is 14.9. The fourth-order valence-corrected chi connectivity index (χ4v) is 2.58. The fraction of sp³-hybridized carbons (Fsp3) is 0.150. The Hall–Kier alpha value is -3.01. The van der Waals surface area contributed by atoms with Crippen LogP contribution in [-0.4, -0.2) is 25.1 Å². The lowest BCUT2D eigenvalue weighted by molar-refractivity contribution is -0.145. The van der Waals surface area contributed by atoms with E-state index in [1.165, 1.54) is 18.2 Å². The van der Waals surface area contributed by atoms with Crippen LogP contribution in [0.1, 0.15) is 12.5 Å². The van der Waals surface area contributed by atoms with E-state index in [-0.39, 0.29) is 29.6 Å². The molecule has 2 aromatic carbocycles. The first kappa shape index (κ1) is 21.3. The Balaban J connectivity index is 2.11. The van der Waals surface area contributed by atoms with Gasteiger partial charge in [0.15, 0.2) is 6.61 Å². The van der Waals surface area contributed by atoms with Crippen molar-refractivity contribution in [2.45, 2.75) is 6.92 Å². The van der Waals surface area contributed by atoms with E-state index in [4.69, 9.17) is 32.7 Å². The number of halogens is 2. The Labute approximate surface area is 172 Å². The molecule has 1 N–H and O–H groups in total. The zero-order valence-corrected chi connectivity index (χ0v) is 16.4. The molecule has 28 heavy (non-hydrogen) atoms. The van der Waals surface area contributed by atoms with Crippen LogP contribution >= 0.6 is 23.2 Å². The predicted octanol–water partition coefficient (Wildman–Crippen LogP) is 4.48. The molecular formula is C20H16Cl2N2O4. The van der Waals surface area contributed by atoms with Gasteiger partial charge in [-0.2, -0.15) is 5.26 Å². The molecule has 0 aliphatic heterocycles. The molecule has 0 heterocycles. The first-order valence-electron chi connectivity index (χ1n) is 8.19. The van der Waals surface area contributed by atoms with Gasteiger partial charge in [0.1, 0.15) is 17.4 Å². The highest BCUT2D eigenvalue weighted by molar-refractivity contribution is 6.32. The Morgan fingerprint density at radius 1 is 1.21 bits per heavy atom. The fourth-order valence-electron chi connectivity index (χ4n) is 2.14. The van der Waals surface area contributed by atoms with Crippen molar-refractivity contribution < 1.29 is 19.1 Å². The SMILES string of the molecule is CCOC(=O)COc1ccc(/C=C(\C#N)C(=O)Nc2cccc(Cl)c2)cc1Cl. The van der Waals surface area contributed by atoms with Crippen LogP contribution in [0.3, 0.4) is 0 Å². The van der Waals surface area contributed by atoms with E-state index in [0.29, 0.717) is 16.3 Å². The van der Waals surface area contributed by atoms with E-state index in [1.54, 1.807) is 37.3 Å². The Morgan fingerprint density at radius 2 is 2.00 bits per heavy atom. The highest BCUT2D eigenvalue weighted by Gasteiger charge is 2.11. The molecule has 0 saturated carbocycles. The minimum atomic E-state index is -0.580. The molecule has 6 nitrogen and oxygen atoms in total. The minimum Gasteiger partial charge on any atom is -0.480 e. The molecule has 1 amide bonds. The third kappa shape index (κ3) is 6.31. The maximum atomic E-state index is 12.3. The minimum absolute atomic E-state index is 0.115. The van der Waals surface area contributed by atoms with Crippen molar-refractivity contribution in [3.8, 4) is 11.8 Å². The molecule has 144 valence electrons. The second-order valence-corrected chi connectivity index (χ2v) is 6.26. The van der Waals surface area contributed by atoms with Gasteiger partial charge in [-0.05, 0) is 48.9 Å². The molecule has 2 aromatic rings. The van der Waals surface area contributed by atoms with Crippen LogP contribution in [0, 0.1) is 11.3 Å². The first-order chi connectivity index (χ1) is 13.4. The smallest absolute Gasteiger partial charge is 0.344 e. The van der Waals surface area contributed by atoms with Crippen molar-refractivity contribution in [1.29, 1.82) is 5.26 Å². The average molecular weight is 419 g/mol. The molecule has 0 fully saturated rings. The summed E-state index contributed by atoms with van der Waals surface area (Å²) in [6, 6.07) is 13.1. The number of hydrogen-bond donors (Lipinski definition) is 1. The van der Waals surface area contributed by atoms with Crippen LogP contribution in [0.15, 0.2) is 48.0 Å². The topological polar surface area (TPSA) is 88.4 Å². The first-order valence-corrected chi connectivity index (χ1v) is 8.95. The van der Waals surface area contributed by atoms with Gasteiger partial charge >= 0.3 is 5.97 Å². The maximum Gasteiger partial charge on any atom is 0.344 e. The third-order valence-corrected chi connectivity index (χ3v) is 3.90. The molecule has 0 spiro atoms. The van der Waals surface area contributed by atoms with Gasteiger partial charge in [0.25, 0.3) is 5.91 Å². The number of ether oxygens (including phenoxy) is 2. The van der Waals surface area contributed by atoms with Gasteiger partial charge in [-0.1, -0.05) is 35.3 Å². The Kier molecular flexibility index (Phi) is 7.88. The second-order valence-electron chi connectivity index (χ2n) is 5.42. The number of benzene rings is 2. The van der Waals surface area contributed by atoms with E-state index < -0.39 is 11.9 Å². The molecule has 0 aliphatic carbocycles. The summed E-state index contributed by atoms with van der Waals surface area (Å²) in [5.41, 5.74) is 0.877. The van der Waals surface area contributed by atoms with Crippen LogP contribution in [0.25, 0.3) is 6.08 Å². The van der Waals surface area contributed by atoms with E-state index in [0.717, 1.165) is 0 Å². The maximum absolute atomic E-state index is 12.3. The molecule has 0 unspecified atom stereocenters. The van der Waals surface area contributed by atoms with Gasteiger partial charge in [0.2, 0.25) is 0 Å². The summed E-state index contributed by atoms with van der Waals surface area (Å²) in [6.45, 7) is 1.68.